The van der Waals surface area contributed by atoms with Crippen LogP contribution in [0, 0.1) is 12.3 Å². The molecule has 0 radical (unpaired) electrons. The van der Waals surface area contributed by atoms with Gasteiger partial charge in [-0.1, -0.05) is 19.3 Å². The number of amides is 2. The maximum atomic E-state index is 12.5. The van der Waals surface area contributed by atoms with Crippen LogP contribution in [0.25, 0.3) is 0 Å². The molecule has 3 rings (SSSR count). The monoisotopic (exact) mass is 330 g/mol. The van der Waals surface area contributed by atoms with Crippen LogP contribution in [0.15, 0.2) is 10.2 Å². The predicted molar refractivity (Wildman–Crippen MR) is 90.0 cm³/mol. The zero-order valence-corrected chi connectivity index (χ0v) is 14.2. The van der Waals surface area contributed by atoms with Gasteiger partial charge in [-0.3, -0.25) is 9.59 Å². The molecule has 3 aliphatic rings. The number of nitrogens with zero attached hydrogens (tertiary/aromatic N) is 3. The van der Waals surface area contributed by atoms with Crippen LogP contribution in [0.5, 0.6) is 0 Å². The first kappa shape index (κ1) is 16.9. The summed E-state index contributed by atoms with van der Waals surface area (Å²) in [6.07, 6.45) is 14.1. The smallest absolute Gasteiger partial charge is 0.245 e. The van der Waals surface area contributed by atoms with Gasteiger partial charge in [0.2, 0.25) is 11.8 Å². The van der Waals surface area contributed by atoms with Gasteiger partial charge in [0, 0.05) is 38.3 Å². The van der Waals surface area contributed by atoms with Crippen LogP contribution < -0.4 is 5.32 Å². The lowest BCUT2D eigenvalue weighted by atomic mass is 9.94. The zero-order valence-electron chi connectivity index (χ0n) is 14.2. The first-order valence-electron chi connectivity index (χ1n) is 9.11. The molecule has 1 N–H and O–H groups in total. The molecule has 2 fully saturated rings. The Morgan fingerprint density at radius 1 is 1.25 bits per heavy atom. The topological polar surface area (TPSA) is 74.1 Å². The molecule has 2 heterocycles. The van der Waals surface area contributed by atoms with E-state index in [1.807, 2.05) is 4.90 Å². The summed E-state index contributed by atoms with van der Waals surface area (Å²) in [5.41, 5.74) is -0.433. The minimum Gasteiger partial charge on any atom is -0.344 e. The molecule has 0 aromatic heterocycles. The zero-order chi connectivity index (χ0) is 17.0. The largest absolute Gasteiger partial charge is 0.344 e. The molecule has 0 spiro atoms. The Kier molecular flexibility index (Phi) is 5.17. The minimum absolute atomic E-state index is 0.0868. The third-order valence-electron chi connectivity index (χ3n) is 5.40. The number of rotatable bonds is 7. The Morgan fingerprint density at radius 2 is 2.00 bits per heavy atom. The molecule has 1 saturated heterocycles. The minimum atomic E-state index is -0.433. The van der Waals surface area contributed by atoms with E-state index in [4.69, 9.17) is 6.42 Å². The van der Waals surface area contributed by atoms with E-state index in [1.54, 1.807) is 0 Å². The molecule has 0 aromatic rings. The van der Waals surface area contributed by atoms with E-state index in [0.717, 1.165) is 25.8 Å². The van der Waals surface area contributed by atoms with Crippen LogP contribution in [-0.2, 0) is 9.59 Å². The van der Waals surface area contributed by atoms with Crippen molar-refractivity contribution in [2.45, 2.75) is 82.0 Å². The predicted octanol–water partition coefficient (Wildman–Crippen LogP) is 2.39. The second kappa shape index (κ2) is 7.33. The van der Waals surface area contributed by atoms with Gasteiger partial charge < -0.3 is 10.2 Å². The van der Waals surface area contributed by atoms with Crippen molar-refractivity contribution < 1.29 is 9.59 Å². The number of hydrogen-bond donors (Lipinski definition) is 1. The van der Waals surface area contributed by atoms with Gasteiger partial charge in [-0.25, -0.2) is 0 Å². The molecule has 1 saturated carbocycles. The molecular formula is C18H26N4O2. The maximum Gasteiger partial charge on any atom is 0.245 e. The summed E-state index contributed by atoms with van der Waals surface area (Å²) in [6, 6.07) is 0.0263. The summed E-state index contributed by atoms with van der Waals surface area (Å²) in [6.45, 7) is 0.769. The first-order valence-corrected chi connectivity index (χ1v) is 9.11. The molecule has 1 atom stereocenters. The lowest BCUT2D eigenvalue weighted by molar-refractivity contribution is -0.134. The van der Waals surface area contributed by atoms with E-state index in [1.165, 1.54) is 19.3 Å². The van der Waals surface area contributed by atoms with Gasteiger partial charge >= 0.3 is 0 Å². The summed E-state index contributed by atoms with van der Waals surface area (Å²) in [5.74, 6) is 2.59. The quantitative estimate of drug-likeness (QED) is 0.728. The normalized spacial score (nSPS) is 25.5. The highest BCUT2D eigenvalue weighted by Gasteiger charge is 2.40. The van der Waals surface area contributed by atoms with Gasteiger partial charge in [-0.15, -0.1) is 12.3 Å². The highest BCUT2D eigenvalue weighted by atomic mass is 16.2. The highest BCUT2D eigenvalue weighted by Crippen LogP contribution is 2.37. The van der Waals surface area contributed by atoms with Gasteiger partial charge in [-0.05, 0) is 19.3 Å². The van der Waals surface area contributed by atoms with Gasteiger partial charge in [0.1, 0.15) is 6.04 Å². The summed E-state index contributed by atoms with van der Waals surface area (Å²) in [7, 11) is 0. The lowest BCUT2D eigenvalue weighted by Crippen LogP contribution is -2.45. The molecule has 2 aliphatic heterocycles. The van der Waals surface area contributed by atoms with Crippen molar-refractivity contribution in [2.24, 2.45) is 10.2 Å². The van der Waals surface area contributed by atoms with E-state index in [0.29, 0.717) is 31.7 Å². The van der Waals surface area contributed by atoms with Crippen LogP contribution in [0.1, 0.15) is 64.2 Å². The number of hydrogen-bond acceptors (Lipinski definition) is 4. The van der Waals surface area contributed by atoms with E-state index in [-0.39, 0.29) is 17.9 Å². The third kappa shape index (κ3) is 3.95. The van der Waals surface area contributed by atoms with Crippen molar-refractivity contribution in [3.05, 3.63) is 0 Å². The molecule has 1 unspecified atom stereocenters. The highest BCUT2D eigenvalue weighted by molar-refractivity contribution is 5.89. The summed E-state index contributed by atoms with van der Waals surface area (Å²) >= 11 is 0. The SMILES string of the molecule is C#CCCC1(CCC(=O)NC2CCN(C3CCCCC3)C2=O)N=N1. The number of carbonyl (C=O) groups is 2. The second-order valence-corrected chi connectivity index (χ2v) is 7.12. The number of nitrogens with one attached hydrogen (secondary N) is 1. The van der Waals surface area contributed by atoms with Gasteiger partial charge in [0.25, 0.3) is 0 Å². The van der Waals surface area contributed by atoms with Crippen molar-refractivity contribution in [1.29, 1.82) is 0 Å². The van der Waals surface area contributed by atoms with Gasteiger partial charge in [0.15, 0.2) is 5.66 Å². The molecule has 0 aromatic carbocycles. The lowest BCUT2D eigenvalue weighted by Gasteiger charge is -2.31. The summed E-state index contributed by atoms with van der Waals surface area (Å²) < 4.78 is 0. The Bertz CT molecular complexity index is 554. The molecule has 6 nitrogen and oxygen atoms in total. The van der Waals surface area contributed by atoms with Crippen LogP contribution in [0.3, 0.4) is 0 Å². The van der Waals surface area contributed by atoms with E-state index in [9.17, 15) is 9.59 Å². The molecule has 2 amide bonds. The molecular weight excluding hydrogens is 304 g/mol. The fraction of sp³-hybridized carbons (Fsp3) is 0.778. The number of carbonyl (C=O) groups excluding carboxylic acids is 2. The van der Waals surface area contributed by atoms with Crippen LogP contribution in [0.2, 0.25) is 0 Å². The fourth-order valence-corrected chi connectivity index (χ4v) is 3.84. The van der Waals surface area contributed by atoms with E-state index < -0.39 is 5.66 Å². The van der Waals surface area contributed by atoms with Crippen molar-refractivity contribution in [3.8, 4) is 12.3 Å². The van der Waals surface area contributed by atoms with Gasteiger partial charge in [0.05, 0.1) is 0 Å². The second-order valence-electron chi connectivity index (χ2n) is 7.12. The van der Waals surface area contributed by atoms with Crippen molar-refractivity contribution in [1.82, 2.24) is 10.2 Å². The summed E-state index contributed by atoms with van der Waals surface area (Å²) in [5, 5.41) is 11.0. The Hall–Kier alpha value is -1.90. The molecule has 1 aliphatic carbocycles. The Morgan fingerprint density at radius 3 is 2.67 bits per heavy atom. The van der Waals surface area contributed by atoms with Crippen molar-refractivity contribution >= 4 is 11.8 Å². The summed E-state index contributed by atoms with van der Waals surface area (Å²) in [4.78, 5) is 26.7. The van der Waals surface area contributed by atoms with Crippen LogP contribution in [0.4, 0.5) is 0 Å². The van der Waals surface area contributed by atoms with Crippen LogP contribution >= 0.6 is 0 Å². The standard InChI is InChI=1S/C18H26N4O2/c1-2-3-11-18(20-21-18)12-9-16(23)19-15-10-13-22(17(15)24)14-7-5-4-6-8-14/h1,14-15H,3-13H2,(H,19,23). The Labute approximate surface area is 143 Å². The molecule has 130 valence electrons. The molecule has 6 heteroatoms. The van der Waals surface area contributed by atoms with E-state index >= 15 is 0 Å². The number of terminal acetylenes is 1. The molecule has 24 heavy (non-hydrogen) atoms. The van der Waals surface area contributed by atoms with E-state index in [2.05, 4.69) is 21.5 Å². The first-order chi connectivity index (χ1) is 11.6. The third-order valence-corrected chi connectivity index (χ3v) is 5.40. The van der Waals surface area contributed by atoms with Crippen molar-refractivity contribution in [3.63, 3.8) is 0 Å². The maximum absolute atomic E-state index is 12.5. The van der Waals surface area contributed by atoms with Gasteiger partial charge in [-0.2, -0.15) is 10.2 Å². The number of likely N-dealkylation sites (tertiary alicyclic amines) is 1. The fourth-order valence-electron chi connectivity index (χ4n) is 3.84. The van der Waals surface area contributed by atoms with Crippen LogP contribution in [-0.4, -0.2) is 41.0 Å². The molecule has 0 bridgehead atoms. The van der Waals surface area contributed by atoms with Crippen molar-refractivity contribution in [2.75, 3.05) is 6.54 Å². The Balaban J connectivity index is 1.42. The average Bonchev–Trinajstić information content (AvgIpc) is 3.30. The average molecular weight is 330 g/mol.